The lowest BCUT2D eigenvalue weighted by Gasteiger charge is -2.43. The maximum absolute atomic E-state index is 9.75. The van der Waals surface area contributed by atoms with Gasteiger partial charge in [0.1, 0.15) is 0 Å². The van der Waals surface area contributed by atoms with E-state index in [0.29, 0.717) is 12.1 Å². The van der Waals surface area contributed by atoms with Crippen LogP contribution < -0.4 is 0 Å². The Morgan fingerprint density at radius 3 is 1.94 bits per heavy atom. The van der Waals surface area contributed by atoms with Gasteiger partial charge in [-0.1, -0.05) is 33.1 Å². The standard InChI is InChI=1S/C14H27NO.C2H6/c1-11-8-14(16)9-12(2)15(11)10-13-6-4-3-5-7-13;1-2/h11-14,16H,3-10H2,1-2H3;1-2H3. The van der Waals surface area contributed by atoms with Crippen LogP contribution in [0.2, 0.25) is 0 Å². The summed E-state index contributed by atoms with van der Waals surface area (Å²) in [7, 11) is 0. The van der Waals surface area contributed by atoms with E-state index in [1.807, 2.05) is 13.8 Å². The third kappa shape index (κ3) is 4.55. The summed E-state index contributed by atoms with van der Waals surface area (Å²) in [5.41, 5.74) is 0. The molecule has 1 N–H and O–H groups in total. The predicted molar refractivity (Wildman–Crippen MR) is 78.8 cm³/mol. The monoisotopic (exact) mass is 255 g/mol. The average Bonchev–Trinajstić information content (AvgIpc) is 2.37. The Balaban J connectivity index is 0.000000771. The summed E-state index contributed by atoms with van der Waals surface area (Å²) in [6.45, 7) is 9.83. The Hall–Kier alpha value is -0.0800. The largest absolute Gasteiger partial charge is 0.393 e. The first-order valence-corrected chi connectivity index (χ1v) is 8.10. The predicted octanol–water partition coefficient (Wildman–Crippen LogP) is 3.83. The molecule has 2 rings (SSSR count). The van der Waals surface area contributed by atoms with Crippen molar-refractivity contribution >= 4 is 0 Å². The molecule has 0 aromatic rings. The Kier molecular flexibility index (Phi) is 7.25. The zero-order valence-electron chi connectivity index (χ0n) is 12.9. The van der Waals surface area contributed by atoms with E-state index in [-0.39, 0.29) is 6.10 Å². The van der Waals surface area contributed by atoms with Crippen molar-refractivity contribution in [1.82, 2.24) is 4.90 Å². The molecule has 2 heteroatoms. The van der Waals surface area contributed by atoms with E-state index in [9.17, 15) is 5.11 Å². The molecule has 1 aliphatic carbocycles. The molecule has 0 amide bonds. The fourth-order valence-electron chi connectivity index (χ4n) is 3.62. The first-order chi connectivity index (χ1) is 8.66. The summed E-state index contributed by atoms with van der Waals surface area (Å²) in [5, 5.41) is 9.75. The minimum absolute atomic E-state index is 0.0624. The van der Waals surface area contributed by atoms with Crippen molar-refractivity contribution in [2.45, 2.75) is 90.8 Å². The van der Waals surface area contributed by atoms with Crippen molar-refractivity contribution < 1.29 is 5.11 Å². The highest BCUT2D eigenvalue weighted by Crippen LogP contribution is 2.29. The lowest BCUT2D eigenvalue weighted by atomic mass is 9.86. The molecule has 0 aromatic heterocycles. The third-order valence-corrected chi connectivity index (χ3v) is 4.55. The van der Waals surface area contributed by atoms with Gasteiger partial charge in [-0.2, -0.15) is 0 Å². The van der Waals surface area contributed by atoms with E-state index < -0.39 is 0 Å². The van der Waals surface area contributed by atoms with Crippen LogP contribution in [0.25, 0.3) is 0 Å². The van der Waals surface area contributed by atoms with Crippen molar-refractivity contribution in [3.05, 3.63) is 0 Å². The van der Waals surface area contributed by atoms with Gasteiger partial charge in [0.2, 0.25) is 0 Å². The lowest BCUT2D eigenvalue weighted by Crippen LogP contribution is -2.50. The Morgan fingerprint density at radius 1 is 0.944 bits per heavy atom. The minimum Gasteiger partial charge on any atom is -0.393 e. The van der Waals surface area contributed by atoms with Gasteiger partial charge >= 0.3 is 0 Å². The third-order valence-electron chi connectivity index (χ3n) is 4.55. The summed E-state index contributed by atoms with van der Waals surface area (Å²) in [5.74, 6) is 0.925. The lowest BCUT2D eigenvalue weighted by molar-refractivity contribution is 0.00196. The van der Waals surface area contributed by atoms with Crippen molar-refractivity contribution in [3.8, 4) is 0 Å². The molecule has 0 spiro atoms. The quantitative estimate of drug-likeness (QED) is 0.810. The molecule has 1 aliphatic heterocycles. The Bertz CT molecular complexity index is 201. The van der Waals surface area contributed by atoms with Crippen LogP contribution in [0.4, 0.5) is 0 Å². The van der Waals surface area contributed by atoms with Gasteiger partial charge in [0.05, 0.1) is 6.10 Å². The van der Waals surface area contributed by atoms with E-state index in [1.54, 1.807) is 0 Å². The number of likely N-dealkylation sites (tertiary alicyclic amines) is 1. The van der Waals surface area contributed by atoms with E-state index >= 15 is 0 Å². The molecule has 0 bridgehead atoms. The highest BCUT2D eigenvalue weighted by atomic mass is 16.3. The van der Waals surface area contributed by atoms with Gasteiger partial charge in [0.25, 0.3) is 0 Å². The molecule has 2 aliphatic rings. The zero-order valence-corrected chi connectivity index (χ0v) is 12.9. The van der Waals surface area contributed by atoms with Crippen molar-refractivity contribution in [3.63, 3.8) is 0 Å². The summed E-state index contributed by atoms with van der Waals surface area (Å²) in [6, 6.07) is 1.14. The molecule has 0 radical (unpaired) electrons. The SMILES string of the molecule is CC.CC1CC(O)CC(C)N1CC1CCCCC1. The van der Waals surface area contributed by atoms with Gasteiger partial charge in [0.15, 0.2) is 0 Å². The van der Waals surface area contributed by atoms with Crippen molar-refractivity contribution in [1.29, 1.82) is 0 Å². The number of aliphatic hydroxyl groups excluding tert-OH is 1. The molecule has 2 fully saturated rings. The highest BCUT2D eigenvalue weighted by molar-refractivity contribution is 4.86. The minimum atomic E-state index is -0.0624. The summed E-state index contributed by atoms with van der Waals surface area (Å²) in [4.78, 5) is 2.64. The fourth-order valence-corrected chi connectivity index (χ4v) is 3.62. The van der Waals surface area contributed by atoms with Crippen molar-refractivity contribution in [2.24, 2.45) is 5.92 Å². The fraction of sp³-hybridized carbons (Fsp3) is 1.00. The van der Waals surface area contributed by atoms with Gasteiger partial charge in [-0.25, -0.2) is 0 Å². The Labute approximate surface area is 114 Å². The van der Waals surface area contributed by atoms with Crippen LogP contribution >= 0.6 is 0 Å². The zero-order chi connectivity index (χ0) is 13.5. The number of rotatable bonds is 2. The van der Waals surface area contributed by atoms with Gasteiger partial charge in [-0.05, 0) is 45.4 Å². The maximum atomic E-state index is 9.75. The van der Waals surface area contributed by atoms with Crippen LogP contribution in [0.3, 0.4) is 0 Å². The second-order valence-corrected chi connectivity index (χ2v) is 6.02. The first kappa shape index (κ1) is 16.0. The molecule has 18 heavy (non-hydrogen) atoms. The van der Waals surface area contributed by atoms with E-state index in [1.165, 1.54) is 38.6 Å². The summed E-state index contributed by atoms with van der Waals surface area (Å²) >= 11 is 0. The molecule has 1 saturated heterocycles. The van der Waals surface area contributed by atoms with Gasteiger partial charge in [-0.3, -0.25) is 4.90 Å². The number of nitrogens with zero attached hydrogens (tertiary/aromatic N) is 1. The number of piperidine rings is 1. The van der Waals surface area contributed by atoms with E-state index in [0.717, 1.165) is 18.8 Å². The van der Waals surface area contributed by atoms with Crippen LogP contribution in [0, 0.1) is 5.92 Å². The molecular weight excluding hydrogens is 222 g/mol. The molecule has 1 heterocycles. The molecule has 1 saturated carbocycles. The van der Waals surface area contributed by atoms with Gasteiger partial charge in [-0.15, -0.1) is 0 Å². The van der Waals surface area contributed by atoms with Crippen LogP contribution in [0.5, 0.6) is 0 Å². The molecule has 0 aromatic carbocycles. The van der Waals surface area contributed by atoms with Gasteiger partial charge < -0.3 is 5.11 Å². The van der Waals surface area contributed by atoms with Crippen LogP contribution in [0.15, 0.2) is 0 Å². The topological polar surface area (TPSA) is 23.5 Å². The molecule has 2 nitrogen and oxygen atoms in total. The normalized spacial score (nSPS) is 34.8. The average molecular weight is 255 g/mol. The Morgan fingerprint density at radius 2 is 1.44 bits per heavy atom. The highest BCUT2D eigenvalue weighted by Gasteiger charge is 2.31. The van der Waals surface area contributed by atoms with Crippen molar-refractivity contribution in [2.75, 3.05) is 6.54 Å². The number of hydrogen-bond donors (Lipinski definition) is 1. The first-order valence-electron chi connectivity index (χ1n) is 8.10. The van der Waals surface area contributed by atoms with E-state index in [2.05, 4.69) is 18.7 Å². The summed E-state index contributed by atoms with van der Waals surface area (Å²) < 4.78 is 0. The smallest absolute Gasteiger partial charge is 0.0569 e. The van der Waals surface area contributed by atoms with Crippen LogP contribution in [0.1, 0.15) is 72.6 Å². The molecule has 2 atom stereocenters. The molecular formula is C16H33NO. The van der Waals surface area contributed by atoms with Crippen LogP contribution in [-0.4, -0.2) is 34.7 Å². The second kappa shape index (κ2) is 8.16. The molecule has 2 unspecified atom stereocenters. The summed E-state index contributed by atoms with van der Waals surface area (Å²) in [6.07, 6.45) is 9.05. The molecule has 108 valence electrons. The maximum Gasteiger partial charge on any atom is 0.0569 e. The second-order valence-electron chi connectivity index (χ2n) is 6.02. The van der Waals surface area contributed by atoms with Crippen LogP contribution in [-0.2, 0) is 0 Å². The number of aliphatic hydroxyl groups is 1. The number of hydrogen-bond acceptors (Lipinski definition) is 2. The van der Waals surface area contributed by atoms with Gasteiger partial charge in [0, 0.05) is 18.6 Å². The van der Waals surface area contributed by atoms with E-state index in [4.69, 9.17) is 0 Å².